The molecular weight excluding hydrogens is 359 g/mol. The van der Waals surface area contributed by atoms with E-state index in [0.29, 0.717) is 0 Å². The molecule has 0 aliphatic carbocycles. The molecule has 1 atom stereocenters. The number of nitrogens with zero attached hydrogens (tertiary/aromatic N) is 2. The lowest BCUT2D eigenvalue weighted by Gasteiger charge is -2.34. The summed E-state index contributed by atoms with van der Waals surface area (Å²) in [6.07, 6.45) is 3.48. The van der Waals surface area contributed by atoms with E-state index in [1.165, 1.54) is 12.5 Å². The highest BCUT2D eigenvalue weighted by Crippen LogP contribution is 2.32. The van der Waals surface area contributed by atoms with Crippen molar-refractivity contribution in [2.24, 2.45) is 11.8 Å². The standard InChI is InChI=1S/C18H24BrFN2O/c1-13(23)22-6-3-15(4-7-22)16-2-5-21(12-16)11-14-8-17(19)10-18(20)9-14/h8-10,15-16H,2-7,11-12H2,1H3. The van der Waals surface area contributed by atoms with E-state index in [1.54, 1.807) is 13.0 Å². The molecule has 3 nitrogen and oxygen atoms in total. The predicted molar refractivity (Wildman–Crippen MR) is 92.5 cm³/mol. The normalized spacial score (nSPS) is 23.4. The van der Waals surface area contributed by atoms with Crippen molar-refractivity contribution in [2.75, 3.05) is 26.2 Å². The summed E-state index contributed by atoms with van der Waals surface area (Å²) in [6.45, 7) is 6.49. The molecule has 3 rings (SSSR count). The molecule has 0 spiro atoms. The maximum atomic E-state index is 13.5. The number of amides is 1. The van der Waals surface area contributed by atoms with Crippen molar-refractivity contribution in [1.82, 2.24) is 9.80 Å². The smallest absolute Gasteiger partial charge is 0.219 e. The molecule has 5 heteroatoms. The molecule has 0 saturated carbocycles. The Labute approximate surface area is 146 Å². The first-order valence-electron chi connectivity index (χ1n) is 8.44. The average molecular weight is 383 g/mol. The minimum Gasteiger partial charge on any atom is -0.343 e. The van der Waals surface area contributed by atoms with Crippen LogP contribution in [0.25, 0.3) is 0 Å². The number of likely N-dealkylation sites (tertiary alicyclic amines) is 2. The molecule has 2 aliphatic heterocycles. The highest BCUT2D eigenvalue weighted by atomic mass is 79.9. The van der Waals surface area contributed by atoms with Crippen molar-refractivity contribution in [3.05, 3.63) is 34.1 Å². The van der Waals surface area contributed by atoms with Crippen LogP contribution < -0.4 is 0 Å². The molecule has 23 heavy (non-hydrogen) atoms. The number of benzene rings is 1. The summed E-state index contributed by atoms with van der Waals surface area (Å²) in [5, 5.41) is 0. The Balaban J connectivity index is 1.52. The van der Waals surface area contributed by atoms with Crippen molar-refractivity contribution in [1.29, 1.82) is 0 Å². The summed E-state index contributed by atoms with van der Waals surface area (Å²) in [5.41, 5.74) is 1.03. The average Bonchev–Trinajstić information content (AvgIpc) is 2.94. The van der Waals surface area contributed by atoms with Gasteiger partial charge >= 0.3 is 0 Å². The number of piperidine rings is 1. The number of hydrogen-bond donors (Lipinski definition) is 0. The van der Waals surface area contributed by atoms with Crippen LogP contribution in [-0.2, 0) is 11.3 Å². The van der Waals surface area contributed by atoms with Crippen molar-refractivity contribution in [3.63, 3.8) is 0 Å². The van der Waals surface area contributed by atoms with Gasteiger partial charge in [-0.25, -0.2) is 4.39 Å². The highest BCUT2D eigenvalue weighted by Gasteiger charge is 2.32. The Morgan fingerprint density at radius 3 is 2.52 bits per heavy atom. The maximum absolute atomic E-state index is 13.5. The van der Waals surface area contributed by atoms with Gasteiger partial charge in [0.15, 0.2) is 0 Å². The molecular formula is C18H24BrFN2O. The van der Waals surface area contributed by atoms with Crippen molar-refractivity contribution >= 4 is 21.8 Å². The quantitative estimate of drug-likeness (QED) is 0.795. The predicted octanol–water partition coefficient (Wildman–Crippen LogP) is 3.67. The summed E-state index contributed by atoms with van der Waals surface area (Å²) < 4.78 is 14.3. The fourth-order valence-electron chi connectivity index (χ4n) is 4.04. The summed E-state index contributed by atoms with van der Waals surface area (Å²) in [5.74, 6) is 1.48. The van der Waals surface area contributed by atoms with Gasteiger partial charge in [0.1, 0.15) is 5.82 Å². The number of carbonyl (C=O) groups excluding carboxylic acids is 1. The molecule has 2 heterocycles. The third-order valence-corrected chi connectivity index (χ3v) is 5.75. The molecule has 0 bridgehead atoms. The minimum atomic E-state index is -0.179. The molecule has 0 radical (unpaired) electrons. The monoisotopic (exact) mass is 382 g/mol. The van der Waals surface area contributed by atoms with Gasteiger partial charge in [0.05, 0.1) is 0 Å². The van der Waals surface area contributed by atoms with Crippen LogP contribution in [0.5, 0.6) is 0 Å². The number of carbonyl (C=O) groups is 1. The second kappa shape index (κ2) is 7.31. The first kappa shape index (κ1) is 16.9. The zero-order valence-corrected chi connectivity index (χ0v) is 15.2. The molecule has 2 aliphatic rings. The van der Waals surface area contributed by atoms with Crippen LogP contribution in [0.1, 0.15) is 31.7 Å². The lowest BCUT2D eigenvalue weighted by molar-refractivity contribution is -0.130. The fraction of sp³-hybridized carbons (Fsp3) is 0.611. The molecule has 0 aromatic heterocycles. The second-order valence-corrected chi connectivity index (χ2v) is 7.82. The van der Waals surface area contributed by atoms with E-state index in [0.717, 1.165) is 67.4 Å². The Kier molecular flexibility index (Phi) is 5.37. The summed E-state index contributed by atoms with van der Waals surface area (Å²) in [7, 11) is 0. The summed E-state index contributed by atoms with van der Waals surface area (Å²) in [6, 6.07) is 5.13. The molecule has 1 unspecified atom stereocenters. The minimum absolute atomic E-state index is 0.179. The van der Waals surface area contributed by atoms with Gasteiger partial charge in [-0.05, 0) is 61.4 Å². The number of hydrogen-bond acceptors (Lipinski definition) is 2. The molecule has 1 aromatic rings. The van der Waals surface area contributed by atoms with Crippen molar-refractivity contribution in [2.45, 2.75) is 32.7 Å². The zero-order valence-electron chi connectivity index (χ0n) is 13.6. The topological polar surface area (TPSA) is 23.6 Å². The number of halogens is 2. The molecule has 126 valence electrons. The van der Waals surface area contributed by atoms with E-state index < -0.39 is 0 Å². The Morgan fingerprint density at radius 1 is 1.17 bits per heavy atom. The van der Waals surface area contributed by atoms with Gasteiger partial charge in [-0.1, -0.05) is 15.9 Å². The Morgan fingerprint density at radius 2 is 1.87 bits per heavy atom. The van der Waals surface area contributed by atoms with Crippen molar-refractivity contribution in [3.8, 4) is 0 Å². The van der Waals surface area contributed by atoms with E-state index in [4.69, 9.17) is 0 Å². The Hall–Kier alpha value is -0.940. The maximum Gasteiger partial charge on any atom is 0.219 e. The third kappa shape index (κ3) is 4.32. The van der Waals surface area contributed by atoms with Crippen LogP contribution in [0.2, 0.25) is 0 Å². The lowest BCUT2D eigenvalue weighted by Crippen LogP contribution is -2.39. The fourth-order valence-corrected chi connectivity index (χ4v) is 4.55. The first-order valence-corrected chi connectivity index (χ1v) is 9.23. The lowest BCUT2D eigenvalue weighted by atomic mass is 9.84. The molecule has 2 saturated heterocycles. The van der Waals surface area contributed by atoms with Gasteiger partial charge < -0.3 is 4.90 Å². The molecule has 1 aromatic carbocycles. The van der Waals surface area contributed by atoms with Crippen LogP contribution in [0.15, 0.2) is 22.7 Å². The van der Waals surface area contributed by atoms with E-state index in [-0.39, 0.29) is 11.7 Å². The van der Waals surface area contributed by atoms with Gasteiger partial charge in [-0.2, -0.15) is 0 Å². The van der Waals surface area contributed by atoms with E-state index in [1.807, 2.05) is 11.0 Å². The summed E-state index contributed by atoms with van der Waals surface area (Å²) >= 11 is 3.36. The second-order valence-electron chi connectivity index (χ2n) is 6.91. The van der Waals surface area contributed by atoms with Gasteiger partial charge in [-0.15, -0.1) is 0 Å². The largest absolute Gasteiger partial charge is 0.343 e. The van der Waals surface area contributed by atoms with Crippen molar-refractivity contribution < 1.29 is 9.18 Å². The van der Waals surface area contributed by atoms with E-state index in [9.17, 15) is 9.18 Å². The Bertz CT molecular complexity index is 552. The SMILES string of the molecule is CC(=O)N1CCC(C2CCN(Cc3cc(F)cc(Br)c3)C2)CC1. The number of rotatable bonds is 3. The molecule has 2 fully saturated rings. The molecule has 0 N–H and O–H groups in total. The van der Waals surface area contributed by atoms with Crippen LogP contribution in [0.4, 0.5) is 4.39 Å². The van der Waals surface area contributed by atoms with Crippen LogP contribution in [0.3, 0.4) is 0 Å². The summed E-state index contributed by atoms with van der Waals surface area (Å²) in [4.78, 5) is 15.8. The van der Waals surface area contributed by atoms with E-state index in [2.05, 4.69) is 20.8 Å². The first-order chi connectivity index (χ1) is 11.0. The van der Waals surface area contributed by atoms with Crippen LogP contribution in [0, 0.1) is 17.7 Å². The van der Waals surface area contributed by atoms with Gasteiger partial charge in [0.2, 0.25) is 5.91 Å². The highest BCUT2D eigenvalue weighted by molar-refractivity contribution is 9.10. The third-order valence-electron chi connectivity index (χ3n) is 5.29. The molecule has 1 amide bonds. The van der Waals surface area contributed by atoms with Gasteiger partial charge in [0.25, 0.3) is 0 Å². The van der Waals surface area contributed by atoms with Crippen LogP contribution in [-0.4, -0.2) is 41.9 Å². The van der Waals surface area contributed by atoms with E-state index >= 15 is 0 Å². The van der Waals surface area contributed by atoms with Crippen LogP contribution >= 0.6 is 15.9 Å². The zero-order chi connectivity index (χ0) is 16.4. The van der Waals surface area contributed by atoms with Gasteiger partial charge in [0, 0.05) is 37.6 Å². The van der Waals surface area contributed by atoms with Gasteiger partial charge in [-0.3, -0.25) is 9.69 Å².